The second-order valence-corrected chi connectivity index (χ2v) is 7.51. The maximum Gasteiger partial charge on any atom is 0.244 e. The number of benzene rings is 1. The van der Waals surface area contributed by atoms with Crippen LogP contribution >= 0.6 is 0 Å². The van der Waals surface area contributed by atoms with Crippen molar-refractivity contribution in [3.63, 3.8) is 0 Å². The highest BCUT2D eigenvalue weighted by Gasteiger charge is 2.29. The first-order valence-corrected chi connectivity index (χ1v) is 8.93. The first-order valence-electron chi connectivity index (χ1n) is 7.45. The first-order chi connectivity index (χ1) is 10.6. The van der Waals surface area contributed by atoms with E-state index in [1.807, 2.05) is 6.92 Å². The van der Waals surface area contributed by atoms with Crippen LogP contribution in [0.3, 0.4) is 0 Å². The van der Waals surface area contributed by atoms with Crippen molar-refractivity contribution in [2.45, 2.75) is 44.2 Å². The van der Waals surface area contributed by atoms with E-state index in [0.717, 1.165) is 12.1 Å². The lowest BCUT2D eigenvalue weighted by Gasteiger charge is -2.22. The predicted molar refractivity (Wildman–Crippen MR) is 86.6 cm³/mol. The van der Waals surface area contributed by atoms with Crippen molar-refractivity contribution in [3.8, 4) is 0 Å². The van der Waals surface area contributed by atoms with E-state index < -0.39 is 32.7 Å². The Balaban J connectivity index is 2.87. The number of nitrogens with one attached hydrogen (secondary N) is 2. The van der Waals surface area contributed by atoms with Gasteiger partial charge in [0.25, 0.3) is 0 Å². The Morgan fingerprint density at radius 3 is 2.39 bits per heavy atom. The van der Waals surface area contributed by atoms with Crippen LogP contribution in [-0.2, 0) is 14.8 Å². The third-order valence-electron chi connectivity index (χ3n) is 3.26. The molecule has 8 heteroatoms. The fourth-order valence-electron chi connectivity index (χ4n) is 1.92. The van der Waals surface area contributed by atoms with E-state index >= 15 is 0 Å². The number of hydrogen-bond acceptors (Lipinski definition) is 4. The summed E-state index contributed by atoms with van der Waals surface area (Å²) in [5, 5.41) is 2.64. The molecule has 6 nitrogen and oxygen atoms in total. The zero-order valence-electron chi connectivity index (χ0n) is 13.5. The number of sulfonamides is 1. The minimum absolute atomic E-state index is 0.0668. The monoisotopic (exact) mass is 345 g/mol. The van der Waals surface area contributed by atoms with Gasteiger partial charge in [0.05, 0.1) is 0 Å². The summed E-state index contributed by atoms with van der Waals surface area (Å²) in [4.78, 5) is 11.7. The van der Waals surface area contributed by atoms with Gasteiger partial charge in [0, 0.05) is 12.6 Å². The van der Waals surface area contributed by atoms with Crippen molar-refractivity contribution in [1.82, 2.24) is 10.0 Å². The molecule has 0 bridgehead atoms. The van der Waals surface area contributed by atoms with E-state index in [1.165, 1.54) is 12.1 Å². The maximum absolute atomic E-state index is 13.7. The second-order valence-electron chi connectivity index (χ2n) is 5.83. The van der Waals surface area contributed by atoms with Crippen molar-refractivity contribution in [1.29, 1.82) is 0 Å². The lowest BCUT2D eigenvalue weighted by molar-refractivity contribution is -0.123. The maximum atomic E-state index is 13.7. The molecule has 4 N–H and O–H groups in total. The Labute approximate surface area is 136 Å². The molecule has 0 spiro atoms. The highest BCUT2D eigenvalue weighted by atomic mass is 32.2. The van der Waals surface area contributed by atoms with Gasteiger partial charge in [0.2, 0.25) is 15.9 Å². The molecule has 0 radical (unpaired) electrons. The molecule has 1 aromatic rings. The van der Waals surface area contributed by atoms with E-state index in [-0.39, 0.29) is 12.0 Å². The van der Waals surface area contributed by atoms with Gasteiger partial charge in [0.1, 0.15) is 16.8 Å². The molecule has 2 unspecified atom stereocenters. The zero-order chi connectivity index (χ0) is 17.6. The minimum Gasteiger partial charge on any atom is -0.355 e. The van der Waals surface area contributed by atoms with Gasteiger partial charge in [-0.1, -0.05) is 26.0 Å². The molecular formula is C15H24FN3O3S. The molecule has 0 aliphatic heterocycles. The molecule has 23 heavy (non-hydrogen) atoms. The van der Waals surface area contributed by atoms with Gasteiger partial charge in [-0.2, -0.15) is 4.72 Å². The Morgan fingerprint density at radius 2 is 1.87 bits per heavy atom. The predicted octanol–water partition coefficient (Wildman–Crippen LogP) is 0.982. The molecule has 1 aromatic carbocycles. The molecule has 0 aromatic heterocycles. The number of rotatable bonds is 8. The Bertz CT molecular complexity index is 633. The molecule has 1 rings (SSSR count). The number of carbonyl (C=O) groups is 1. The van der Waals surface area contributed by atoms with Crippen molar-refractivity contribution in [2.75, 3.05) is 6.54 Å². The van der Waals surface area contributed by atoms with Gasteiger partial charge in [-0.05, 0) is 31.4 Å². The number of hydrogen-bond donors (Lipinski definition) is 3. The average Bonchev–Trinajstić information content (AvgIpc) is 2.44. The molecule has 1 amide bonds. The summed E-state index contributed by atoms with van der Waals surface area (Å²) in [5.74, 6) is -1.62. The number of nitrogens with two attached hydrogens (primary N) is 1. The smallest absolute Gasteiger partial charge is 0.244 e. The second kappa shape index (κ2) is 8.37. The zero-order valence-corrected chi connectivity index (χ0v) is 14.4. The Hall–Kier alpha value is -1.51. The number of amides is 1. The number of carbonyl (C=O) groups excluding carboxylic acids is 1. The van der Waals surface area contributed by atoms with Crippen molar-refractivity contribution in [2.24, 2.45) is 11.7 Å². The van der Waals surface area contributed by atoms with E-state index in [4.69, 9.17) is 5.73 Å². The number of halogens is 1. The van der Waals surface area contributed by atoms with Gasteiger partial charge < -0.3 is 11.1 Å². The summed E-state index contributed by atoms with van der Waals surface area (Å²) >= 11 is 0. The van der Waals surface area contributed by atoms with Gasteiger partial charge >= 0.3 is 0 Å². The largest absolute Gasteiger partial charge is 0.355 e. The molecule has 0 heterocycles. The lowest BCUT2D eigenvalue weighted by atomic mass is 10.0. The molecule has 0 saturated heterocycles. The van der Waals surface area contributed by atoms with Crippen molar-refractivity contribution in [3.05, 3.63) is 30.1 Å². The molecule has 0 fully saturated rings. The van der Waals surface area contributed by atoms with Crippen LogP contribution in [0.5, 0.6) is 0 Å². The molecular weight excluding hydrogens is 321 g/mol. The van der Waals surface area contributed by atoms with Gasteiger partial charge in [-0.15, -0.1) is 0 Å². The standard InChI is InChI=1S/C15H24FN3O3S/c1-10(2)14(15(20)18-9-8-11(3)17)19-23(21,22)13-7-5-4-6-12(13)16/h4-7,10-11,14,19H,8-9,17H2,1-3H3,(H,18,20). The molecule has 130 valence electrons. The normalized spacial score (nSPS) is 14.5. The summed E-state index contributed by atoms with van der Waals surface area (Å²) in [7, 11) is -4.13. The van der Waals surface area contributed by atoms with E-state index in [2.05, 4.69) is 10.0 Å². The third-order valence-corrected chi connectivity index (χ3v) is 4.73. The molecule has 0 aliphatic carbocycles. The Morgan fingerprint density at radius 1 is 1.26 bits per heavy atom. The Kier molecular flexibility index (Phi) is 7.11. The van der Waals surface area contributed by atoms with Crippen LogP contribution < -0.4 is 15.8 Å². The van der Waals surface area contributed by atoms with E-state index in [1.54, 1.807) is 13.8 Å². The SMILES string of the molecule is CC(N)CCNC(=O)C(NS(=O)(=O)c1ccccc1F)C(C)C. The quantitative estimate of drug-likeness (QED) is 0.654. The van der Waals surface area contributed by atoms with Crippen LogP contribution in [0.4, 0.5) is 4.39 Å². The van der Waals surface area contributed by atoms with Gasteiger partial charge in [-0.3, -0.25) is 4.79 Å². The fraction of sp³-hybridized carbons (Fsp3) is 0.533. The average molecular weight is 345 g/mol. The van der Waals surface area contributed by atoms with Crippen LogP contribution in [0.15, 0.2) is 29.2 Å². The summed E-state index contributed by atoms with van der Waals surface area (Å²) in [6.45, 7) is 5.58. The minimum atomic E-state index is -4.13. The van der Waals surface area contributed by atoms with Crippen molar-refractivity contribution < 1.29 is 17.6 Å². The van der Waals surface area contributed by atoms with E-state index in [9.17, 15) is 17.6 Å². The van der Waals surface area contributed by atoms with Gasteiger partial charge in [0.15, 0.2) is 0 Å². The van der Waals surface area contributed by atoms with Crippen molar-refractivity contribution >= 4 is 15.9 Å². The van der Waals surface area contributed by atoms with Crippen LogP contribution in [0, 0.1) is 11.7 Å². The topological polar surface area (TPSA) is 101 Å². The van der Waals surface area contributed by atoms with E-state index in [0.29, 0.717) is 13.0 Å². The highest BCUT2D eigenvalue weighted by molar-refractivity contribution is 7.89. The summed E-state index contributed by atoms with van der Waals surface area (Å²) in [6.07, 6.45) is 0.580. The summed E-state index contributed by atoms with van der Waals surface area (Å²) in [5.41, 5.74) is 5.60. The van der Waals surface area contributed by atoms with Crippen LogP contribution in [0.2, 0.25) is 0 Å². The fourth-order valence-corrected chi connectivity index (χ4v) is 3.34. The van der Waals surface area contributed by atoms with Gasteiger partial charge in [-0.25, -0.2) is 12.8 Å². The van der Waals surface area contributed by atoms with Crippen LogP contribution in [-0.4, -0.2) is 33.0 Å². The summed E-state index contributed by atoms with van der Waals surface area (Å²) < 4.78 is 40.6. The molecule has 0 aliphatic rings. The first kappa shape index (κ1) is 19.5. The summed E-state index contributed by atoms with van der Waals surface area (Å²) in [6, 6.07) is 3.97. The van der Waals surface area contributed by atoms with Crippen LogP contribution in [0.25, 0.3) is 0 Å². The molecule has 0 saturated carbocycles. The third kappa shape index (κ3) is 5.89. The highest BCUT2D eigenvalue weighted by Crippen LogP contribution is 2.15. The lowest BCUT2D eigenvalue weighted by Crippen LogP contribution is -2.50. The molecule has 2 atom stereocenters. The van der Waals surface area contributed by atoms with Crippen LogP contribution in [0.1, 0.15) is 27.2 Å².